The Morgan fingerprint density at radius 3 is 2.40 bits per heavy atom. The van der Waals surface area contributed by atoms with Gasteiger partial charge < -0.3 is 4.74 Å². The number of allylic oxidation sites excluding steroid dienone is 4. The van der Waals surface area contributed by atoms with E-state index in [9.17, 15) is 0 Å². The minimum absolute atomic E-state index is 0.986. The van der Waals surface area contributed by atoms with Crippen LogP contribution in [0.25, 0.3) is 0 Å². The van der Waals surface area contributed by atoms with Crippen LogP contribution in [0.1, 0.15) is 24.0 Å². The SMILES string of the molecule is COc1cc2c(Br)cc1CC/C(I)=C(Br)/C=C(\I)CC2. The maximum atomic E-state index is 5.56. The smallest absolute Gasteiger partial charge is 0.122 e. The van der Waals surface area contributed by atoms with Crippen LogP contribution in [-0.2, 0) is 12.8 Å². The summed E-state index contributed by atoms with van der Waals surface area (Å²) in [5.41, 5.74) is 2.57. The van der Waals surface area contributed by atoms with Crippen molar-refractivity contribution in [2.45, 2.75) is 25.7 Å². The van der Waals surface area contributed by atoms with Crippen LogP contribution in [0.2, 0.25) is 0 Å². The Kier molecular flexibility index (Phi) is 6.88. The van der Waals surface area contributed by atoms with E-state index in [1.807, 2.05) is 0 Å². The Morgan fingerprint density at radius 2 is 1.70 bits per heavy atom. The van der Waals surface area contributed by atoms with E-state index in [1.54, 1.807) is 7.11 Å². The van der Waals surface area contributed by atoms with E-state index in [0.717, 1.165) is 31.4 Å². The number of hydrogen-bond donors (Lipinski definition) is 0. The second-order valence-corrected chi connectivity index (χ2v) is 9.00. The lowest BCUT2D eigenvalue weighted by Crippen LogP contribution is -1.98. The molecule has 0 unspecified atom stereocenters. The zero-order chi connectivity index (χ0) is 14.7. The molecule has 1 aromatic carbocycles. The minimum Gasteiger partial charge on any atom is -0.496 e. The van der Waals surface area contributed by atoms with E-state index in [2.05, 4.69) is 95.3 Å². The molecule has 1 aromatic rings. The van der Waals surface area contributed by atoms with Crippen LogP contribution in [0.3, 0.4) is 0 Å². The van der Waals surface area contributed by atoms with E-state index in [4.69, 9.17) is 4.74 Å². The van der Waals surface area contributed by atoms with Gasteiger partial charge in [0.05, 0.1) is 7.11 Å². The molecule has 0 aromatic heterocycles. The summed E-state index contributed by atoms with van der Waals surface area (Å²) in [5, 5.41) is 0. The van der Waals surface area contributed by atoms with Crippen LogP contribution >= 0.6 is 77.0 Å². The van der Waals surface area contributed by atoms with Gasteiger partial charge in [-0.05, 0) is 104 Å². The van der Waals surface area contributed by atoms with E-state index in [1.165, 1.54) is 27.2 Å². The first-order valence-electron chi connectivity index (χ1n) is 6.26. The molecule has 0 saturated carbocycles. The van der Waals surface area contributed by atoms with E-state index < -0.39 is 0 Å². The molecule has 0 amide bonds. The van der Waals surface area contributed by atoms with E-state index in [-0.39, 0.29) is 0 Å². The highest BCUT2D eigenvalue weighted by molar-refractivity contribution is 14.1. The predicted molar refractivity (Wildman–Crippen MR) is 109 cm³/mol. The highest BCUT2D eigenvalue weighted by Crippen LogP contribution is 2.34. The molecule has 0 fully saturated rings. The lowest BCUT2D eigenvalue weighted by Gasteiger charge is -2.14. The van der Waals surface area contributed by atoms with Crippen LogP contribution in [0, 0.1) is 0 Å². The second-order valence-electron chi connectivity index (χ2n) is 4.60. The first-order valence-corrected chi connectivity index (χ1v) is 10.0. The molecule has 20 heavy (non-hydrogen) atoms. The average molecular weight is 624 g/mol. The molecule has 0 saturated heterocycles. The van der Waals surface area contributed by atoms with Crippen molar-refractivity contribution < 1.29 is 4.74 Å². The van der Waals surface area contributed by atoms with Gasteiger partial charge in [-0.3, -0.25) is 0 Å². The van der Waals surface area contributed by atoms with Crippen LogP contribution in [0.15, 0.2) is 34.3 Å². The monoisotopic (exact) mass is 622 g/mol. The van der Waals surface area contributed by atoms with Gasteiger partial charge in [0.1, 0.15) is 5.75 Å². The van der Waals surface area contributed by atoms with Crippen LogP contribution in [0.4, 0.5) is 0 Å². The lowest BCUT2D eigenvalue weighted by molar-refractivity contribution is 0.409. The molecule has 2 aliphatic rings. The molecule has 5 heteroatoms. The van der Waals surface area contributed by atoms with Crippen molar-refractivity contribution in [1.29, 1.82) is 0 Å². The standard InChI is InChI=1S/C15H14Br2I2O/c1-20-15-7-9-2-4-11(18)8-13(17)14(19)5-3-10(15)6-12(9)16/h6-8H,2-5H2,1H3/b11-8-,14-13+. The Morgan fingerprint density at radius 1 is 1.00 bits per heavy atom. The molecule has 3 rings (SSSR count). The Labute approximate surface area is 164 Å². The summed E-state index contributed by atoms with van der Waals surface area (Å²) in [5.74, 6) is 1.00. The number of rotatable bonds is 1. The second kappa shape index (κ2) is 7.97. The van der Waals surface area contributed by atoms with Crippen molar-refractivity contribution in [3.63, 3.8) is 0 Å². The molecule has 1 nitrogen and oxygen atoms in total. The van der Waals surface area contributed by atoms with Gasteiger partial charge in [-0.25, -0.2) is 0 Å². The van der Waals surface area contributed by atoms with Crippen molar-refractivity contribution >= 4 is 77.0 Å². The lowest BCUT2D eigenvalue weighted by atomic mass is 10.0. The molecule has 2 bridgehead atoms. The molecular formula is C15H14Br2I2O. The Hall–Kier alpha value is 0.920. The van der Waals surface area contributed by atoms with Crippen LogP contribution in [-0.4, -0.2) is 7.11 Å². The molecular weight excluding hydrogens is 610 g/mol. The Balaban J connectivity index is 2.46. The zero-order valence-electron chi connectivity index (χ0n) is 11.0. The molecule has 0 N–H and O–H groups in total. The van der Waals surface area contributed by atoms with E-state index >= 15 is 0 Å². The topological polar surface area (TPSA) is 9.23 Å². The van der Waals surface area contributed by atoms with Gasteiger partial charge >= 0.3 is 0 Å². The third-order valence-corrected chi connectivity index (χ3v) is 7.40. The summed E-state index contributed by atoms with van der Waals surface area (Å²) < 4.78 is 10.7. The fourth-order valence-electron chi connectivity index (χ4n) is 2.12. The van der Waals surface area contributed by atoms with Crippen molar-refractivity contribution in [3.05, 3.63) is 45.5 Å². The number of halogens is 4. The summed E-state index contributed by atoms with van der Waals surface area (Å²) in [6, 6.07) is 4.39. The fourth-order valence-corrected chi connectivity index (χ4v) is 4.62. The van der Waals surface area contributed by atoms with E-state index in [0.29, 0.717) is 0 Å². The van der Waals surface area contributed by atoms with Gasteiger partial charge in [0, 0.05) is 12.5 Å². The van der Waals surface area contributed by atoms with Gasteiger partial charge in [-0.15, -0.1) is 0 Å². The van der Waals surface area contributed by atoms with Crippen molar-refractivity contribution in [2.24, 2.45) is 0 Å². The highest BCUT2D eigenvalue weighted by Gasteiger charge is 2.12. The van der Waals surface area contributed by atoms with Crippen molar-refractivity contribution in [1.82, 2.24) is 0 Å². The number of methoxy groups -OCH3 is 1. The third kappa shape index (κ3) is 4.46. The van der Waals surface area contributed by atoms with Gasteiger partial charge in [-0.1, -0.05) is 31.9 Å². The molecule has 0 spiro atoms. The van der Waals surface area contributed by atoms with Crippen LogP contribution in [0.5, 0.6) is 5.75 Å². The predicted octanol–water partition coefficient (Wildman–Crippen LogP) is 6.70. The zero-order valence-corrected chi connectivity index (χ0v) is 18.5. The molecule has 0 aliphatic heterocycles. The molecule has 0 radical (unpaired) electrons. The number of hydrogen-bond acceptors (Lipinski definition) is 1. The average Bonchev–Trinajstić information content (AvgIpc) is 2.42. The van der Waals surface area contributed by atoms with Crippen molar-refractivity contribution in [3.8, 4) is 5.75 Å². The van der Waals surface area contributed by atoms with Gasteiger partial charge in [0.2, 0.25) is 0 Å². The maximum absolute atomic E-state index is 5.56. The summed E-state index contributed by atoms with van der Waals surface area (Å²) in [6.07, 6.45) is 6.30. The molecule has 2 aliphatic carbocycles. The quantitative estimate of drug-likeness (QED) is 0.317. The molecule has 0 heterocycles. The third-order valence-electron chi connectivity index (χ3n) is 3.24. The first-order chi connectivity index (χ1) is 9.51. The largest absolute Gasteiger partial charge is 0.496 e. The summed E-state index contributed by atoms with van der Waals surface area (Å²) in [7, 11) is 1.75. The maximum Gasteiger partial charge on any atom is 0.122 e. The number of fused-ring (bicyclic) bond motifs is 7. The Bertz CT molecular complexity index is 579. The summed E-state index contributed by atoms with van der Waals surface area (Å²) in [4.78, 5) is 0. The van der Waals surface area contributed by atoms with Gasteiger partial charge in [-0.2, -0.15) is 0 Å². The summed E-state index contributed by atoms with van der Waals surface area (Å²) >= 11 is 12.2. The van der Waals surface area contributed by atoms with Gasteiger partial charge in [0.25, 0.3) is 0 Å². The van der Waals surface area contributed by atoms with Gasteiger partial charge in [0.15, 0.2) is 0 Å². The number of aryl methyl sites for hydroxylation is 2. The fraction of sp³-hybridized carbons (Fsp3) is 0.333. The highest BCUT2D eigenvalue weighted by atomic mass is 127. The molecule has 108 valence electrons. The van der Waals surface area contributed by atoms with Crippen LogP contribution < -0.4 is 4.74 Å². The normalized spacial score (nSPS) is 22.8. The summed E-state index contributed by atoms with van der Waals surface area (Å²) in [6.45, 7) is 0. The first kappa shape index (κ1) is 17.3. The molecule has 0 atom stereocenters. The minimum atomic E-state index is 0.986. The number of ether oxygens (including phenoxy) is 1. The van der Waals surface area contributed by atoms with Crippen molar-refractivity contribution in [2.75, 3.05) is 7.11 Å². The number of benzene rings is 1.